The summed E-state index contributed by atoms with van der Waals surface area (Å²) in [6.45, 7) is 6.75. The van der Waals surface area contributed by atoms with E-state index in [-0.39, 0.29) is 6.04 Å². The van der Waals surface area contributed by atoms with Gasteiger partial charge >= 0.3 is 0 Å². The number of piperazine rings is 1. The van der Waals surface area contributed by atoms with Crippen molar-refractivity contribution in [3.63, 3.8) is 0 Å². The van der Waals surface area contributed by atoms with Gasteiger partial charge in [-0.25, -0.2) is 0 Å². The number of rotatable bonds is 4. The van der Waals surface area contributed by atoms with Crippen molar-refractivity contribution in [3.8, 4) is 0 Å². The lowest BCUT2D eigenvalue weighted by molar-refractivity contribution is 0.0945. The molecule has 0 saturated carbocycles. The number of nitrogens with two attached hydrogens (primary N) is 1. The maximum absolute atomic E-state index is 6.28. The third-order valence-corrected chi connectivity index (χ3v) is 3.78. The Balaban J connectivity index is 1.82. The van der Waals surface area contributed by atoms with E-state index in [1.54, 1.807) is 0 Å². The highest BCUT2D eigenvalue weighted by Crippen LogP contribution is 2.10. The Hall–Kier alpha value is -0.900. The zero-order chi connectivity index (χ0) is 13.0. The monoisotopic (exact) mass is 247 g/mol. The highest BCUT2D eigenvalue weighted by molar-refractivity contribution is 5.15. The normalized spacial score (nSPS) is 24.1. The van der Waals surface area contributed by atoms with E-state index >= 15 is 0 Å². The Bertz CT molecular complexity index is 352. The maximum Gasteiger partial charge on any atom is 0.0208 e. The molecule has 1 heterocycles. The van der Waals surface area contributed by atoms with E-state index in [4.69, 9.17) is 5.73 Å². The van der Waals surface area contributed by atoms with Gasteiger partial charge in [-0.15, -0.1) is 0 Å². The van der Waals surface area contributed by atoms with Crippen LogP contribution in [-0.4, -0.2) is 55.1 Å². The molecule has 2 atom stereocenters. The van der Waals surface area contributed by atoms with Gasteiger partial charge in [0.15, 0.2) is 0 Å². The van der Waals surface area contributed by atoms with Gasteiger partial charge < -0.3 is 10.6 Å². The molecule has 2 unspecified atom stereocenters. The van der Waals surface area contributed by atoms with Crippen LogP contribution in [0.15, 0.2) is 30.3 Å². The smallest absolute Gasteiger partial charge is 0.0208 e. The highest BCUT2D eigenvalue weighted by Gasteiger charge is 2.22. The lowest BCUT2D eigenvalue weighted by Gasteiger charge is -2.39. The topological polar surface area (TPSA) is 32.5 Å². The Morgan fingerprint density at radius 3 is 2.67 bits per heavy atom. The van der Waals surface area contributed by atoms with Crippen molar-refractivity contribution < 1.29 is 0 Å². The van der Waals surface area contributed by atoms with Crippen LogP contribution in [0.2, 0.25) is 0 Å². The number of hydrogen-bond donors (Lipinski definition) is 1. The predicted molar refractivity (Wildman–Crippen MR) is 76.7 cm³/mol. The molecule has 3 heteroatoms. The SMILES string of the molecule is CC1CN(C)CCN1CC(N)Cc1ccccc1. The van der Waals surface area contributed by atoms with E-state index < -0.39 is 0 Å². The van der Waals surface area contributed by atoms with Crippen LogP contribution >= 0.6 is 0 Å². The van der Waals surface area contributed by atoms with Crippen LogP contribution in [-0.2, 0) is 6.42 Å². The predicted octanol–water partition coefficient (Wildman–Crippen LogP) is 1.19. The summed E-state index contributed by atoms with van der Waals surface area (Å²) >= 11 is 0. The molecular weight excluding hydrogens is 222 g/mol. The summed E-state index contributed by atoms with van der Waals surface area (Å²) in [7, 11) is 2.19. The third kappa shape index (κ3) is 3.80. The molecule has 0 amide bonds. The van der Waals surface area contributed by atoms with Crippen molar-refractivity contribution in [1.82, 2.24) is 9.80 Å². The average Bonchev–Trinajstić information content (AvgIpc) is 2.34. The Labute approximate surface area is 111 Å². The van der Waals surface area contributed by atoms with Gasteiger partial charge in [0.25, 0.3) is 0 Å². The minimum absolute atomic E-state index is 0.234. The molecule has 1 aliphatic rings. The fourth-order valence-electron chi connectivity index (χ4n) is 2.73. The summed E-state index contributed by atoms with van der Waals surface area (Å²) in [6, 6.07) is 11.4. The van der Waals surface area contributed by atoms with Crippen molar-refractivity contribution >= 4 is 0 Å². The minimum atomic E-state index is 0.234. The minimum Gasteiger partial charge on any atom is -0.326 e. The number of nitrogens with zero attached hydrogens (tertiary/aromatic N) is 2. The largest absolute Gasteiger partial charge is 0.326 e. The van der Waals surface area contributed by atoms with Crippen LogP contribution in [0, 0.1) is 0 Å². The molecule has 1 saturated heterocycles. The van der Waals surface area contributed by atoms with Gasteiger partial charge in [-0.05, 0) is 26.0 Å². The Kier molecular flexibility index (Phi) is 4.75. The van der Waals surface area contributed by atoms with E-state index in [0.29, 0.717) is 6.04 Å². The van der Waals surface area contributed by atoms with Gasteiger partial charge in [0.05, 0.1) is 0 Å². The van der Waals surface area contributed by atoms with Crippen molar-refractivity contribution in [2.24, 2.45) is 5.73 Å². The summed E-state index contributed by atoms with van der Waals surface area (Å²) < 4.78 is 0. The third-order valence-electron chi connectivity index (χ3n) is 3.78. The van der Waals surface area contributed by atoms with Crippen molar-refractivity contribution in [1.29, 1.82) is 0 Å². The zero-order valence-corrected chi connectivity index (χ0v) is 11.5. The zero-order valence-electron chi connectivity index (χ0n) is 11.5. The van der Waals surface area contributed by atoms with Gasteiger partial charge in [0.1, 0.15) is 0 Å². The Morgan fingerprint density at radius 2 is 2.00 bits per heavy atom. The maximum atomic E-state index is 6.28. The standard InChI is InChI=1S/C15H25N3/c1-13-11-17(2)8-9-18(13)12-15(16)10-14-6-4-3-5-7-14/h3-7,13,15H,8-12,16H2,1-2H3. The molecule has 0 aliphatic carbocycles. The van der Waals surface area contributed by atoms with Gasteiger partial charge in [0, 0.05) is 38.3 Å². The second-order valence-corrected chi connectivity index (χ2v) is 5.56. The van der Waals surface area contributed by atoms with E-state index in [1.807, 2.05) is 0 Å². The van der Waals surface area contributed by atoms with E-state index in [2.05, 4.69) is 54.1 Å². The fourth-order valence-corrected chi connectivity index (χ4v) is 2.73. The second-order valence-electron chi connectivity index (χ2n) is 5.56. The fraction of sp³-hybridized carbons (Fsp3) is 0.600. The van der Waals surface area contributed by atoms with E-state index in [0.717, 1.165) is 32.6 Å². The number of benzene rings is 1. The lowest BCUT2D eigenvalue weighted by atomic mass is 10.0. The highest BCUT2D eigenvalue weighted by atomic mass is 15.3. The van der Waals surface area contributed by atoms with Gasteiger partial charge in [0.2, 0.25) is 0 Å². The van der Waals surface area contributed by atoms with E-state index in [1.165, 1.54) is 5.56 Å². The summed E-state index contributed by atoms with van der Waals surface area (Å²) in [5, 5.41) is 0. The van der Waals surface area contributed by atoms with Crippen LogP contribution in [0.1, 0.15) is 12.5 Å². The Morgan fingerprint density at radius 1 is 1.28 bits per heavy atom. The van der Waals surface area contributed by atoms with Crippen LogP contribution in [0.5, 0.6) is 0 Å². The van der Waals surface area contributed by atoms with Crippen molar-refractivity contribution in [3.05, 3.63) is 35.9 Å². The van der Waals surface area contributed by atoms with Crippen LogP contribution in [0.3, 0.4) is 0 Å². The van der Waals surface area contributed by atoms with Crippen LogP contribution < -0.4 is 5.73 Å². The molecule has 1 aromatic carbocycles. The van der Waals surface area contributed by atoms with E-state index in [9.17, 15) is 0 Å². The molecule has 0 bridgehead atoms. The molecular formula is C15H25N3. The molecule has 1 fully saturated rings. The lowest BCUT2D eigenvalue weighted by Crippen LogP contribution is -2.53. The first-order valence-electron chi connectivity index (χ1n) is 6.87. The quantitative estimate of drug-likeness (QED) is 0.867. The average molecular weight is 247 g/mol. The van der Waals surface area contributed by atoms with Crippen LogP contribution in [0.4, 0.5) is 0 Å². The number of likely N-dealkylation sites (N-methyl/N-ethyl adjacent to an activating group) is 1. The van der Waals surface area contributed by atoms with Crippen LogP contribution in [0.25, 0.3) is 0 Å². The van der Waals surface area contributed by atoms with Gasteiger partial charge in [-0.1, -0.05) is 30.3 Å². The summed E-state index contributed by atoms with van der Waals surface area (Å²) in [4.78, 5) is 4.91. The summed E-state index contributed by atoms with van der Waals surface area (Å²) in [5.41, 5.74) is 7.62. The molecule has 100 valence electrons. The molecule has 3 nitrogen and oxygen atoms in total. The first-order chi connectivity index (χ1) is 8.65. The molecule has 0 radical (unpaired) electrons. The van der Waals surface area contributed by atoms with Gasteiger partial charge in [-0.3, -0.25) is 4.90 Å². The summed E-state index contributed by atoms with van der Waals surface area (Å²) in [6.07, 6.45) is 0.972. The van der Waals surface area contributed by atoms with Crippen molar-refractivity contribution in [2.75, 3.05) is 33.2 Å². The molecule has 2 rings (SSSR count). The molecule has 1 aromatic rings. The van der Waals surface area contributed by atoms with Crippen molar-refractivity contribution in [2.45, 2.75) is 25.4 Å². The second kappa shape index (κ2) is 6.32. The first-order valence-corrected chi connectivity index (χ1v) is 6.87. The molecule has 0 aromatic heterocycles. The first kappa shape index (κ1) is 13.5. The molecule has 0 spiro atoms. The number of hydrogen-bond acceptors (Lipinski definition) is 3. The molecule has 2 N–H and O–H groups in total. The molecule has 1 aliphatic heterocycles. The van der Waals surface area contributed by atoms with Gasteiger partial charge in [-0.2, -0.15) is 0 Å². The molecule has 18 heavy (non-hydrogen) atoms. The summed E-state index contributed by atoms with van der Waals surface area (Å²) in [5.74, 6) is 0.